The summed E-state index contributed by atoms with van der Waals surface area (Å²) in [6.07, 6.45) is 3.88. The molecule has 0 fully saturated rings. The van der Waals surface area contributed by atoms with Crippen molar-refractivity contribution in [2.24, 2.45) is 0 Å². The molecule has 0 heterocycles. The Hall–Kier alpha value is -1.41. The van der Waals surface area contributed by atoms with Gasteiger partial charge < -0.3 is 34.3 Å². The van der Waals surface area contributed by atoms with Crippen LogP contribution in [-0.2, 0) is 19.5 Å². The molecule has 0 atom stereocenters. The van der Waals surface area contributed by atoms with Gasteiger partial charge in [0, 0.05) is 0 Å². The summed E-state index contributed by atoms with van der Waals surface area (Å²) in [5.74, 6) is 0.804. The Morgan fingerprint density at radius 2 is 1.09 bits per heavy atom. The largest absolute Gasteiger partial charge is 3.00 e. The fourth-order valence-electron chi connectivity index (χ4n) is 3.36. The van der Waals surface area contributed by atoms with Crippen LogP contribution in [0.5, 0.6) is 11.5 Å². The van der Waals surface area contributed by atoms with Crippen LogP contribution in [-0.4, -0.2) is 44.2 Å². The molecule has 2 aromatic carbocycles. The normalized spacial score (nSPS) is 9.71. The van der Waals surface area contributed by atoms with E-state index in [9.17, 15) is 15.1 Å². The van der Waals surface area contributed by atoms with Crippen LogP contribution in [0.25, 0.3) is 0 Å². The van der Waals surface area contributed by atoms with Crippen LogP contribution >= 0.6 is 0 Å². The molecule has 0 spiro atoms. The van der Waals surface area contributed by atoms with Crippen molar-refractivity contribution in [1.29, 1.82) is 0 Å². The van der Waals surface area contributed by atoms with Gasteiger partial charge in [0.2, 0.25) is 0 Å². The van der Waals surface area contributed by atoms with Crippen molar-refractivity contribution in [2.45, 2.75) is 67.7 Å². The van der Waals surface area contributed by atoms with Crippen molar-refractivity contribution in [3.63, 3.8) is 0 Å². The van der Waals surface area contributed by atoms with Crippen molar-refractivity contribution in [3.8, 4) is 11.5 Å². The van der Waals surface area contributed by atoms with Crippen molar-refractivity contribution in [3.05, 3.63) is 58.7 Å². The summed E-state index contributed by atoms with van der Waals surface area (Å²) in [5.41, 5.74) is 3.84. The molecule has 35 heavy (non-hydrogen) atoms. The molecule has 10 heteroatoms. The maximum absolute atomic E-state index is 10.3. The van der Waals surface area contributed by atoms with Crippen LogP contribution in [0.4, 0.5) is 0 Å². The van der Waals surface area contributed by atoms with E-state index >= 15 is 0 Å². The molecular weight excluding hydrogens is 533 g/mol. The van der Waals surface area contributed by atoms with E-state index in [0.717, 1.165) is 22.3 Å². The average Bonchev–Trinajstić information content (AvgIpc) is 2.73. The number of rotatable bonds is 10. The van der Waals surface area contributed by atoms with Crippen LogP contribution in [0.3, 0.4) is 0 Å². The Balaban J connectivity index is 0. The molecule has 1 N–H and O–H groups in total. The molecule has 0 aromatic heterocycles. The smallest absolute Gasteiger partial charge is 0.860 e. The van der Waals surface area contributed by atoms with Gasteiger partial charge in [-0.2, -0.15) is 0 Å². The summed E-state index contributed by atoms with van der Waals surface area (Å²) in [5, 5.41) is 39.0. The fourth-order valence-corrected chi connectivity index (χ4v) is 3.36. The number of hydrogen-bond donors (Lipinski definition) is 1. The molecule has 0 aliphatic rings. The second-order valence-electron chi connectivity index (χ2n) is 8.21. The van der Waals surface area contributed by atoms with Crippen LogP contribution in [0.1, 0.15) is 62.3 Å². The summed E-state index contributed by atoms with van der Waals surface area (Å²) in [7, 11) is -4.24. The van der Waals surface area contributed by atoms with Crippen molar-refractivity contribution in [1.82, 2.24) is 4.90 Å². The van der Waals surface area contributed by atoms with Crippen molar-refractivity contribution < 1.29 is 48.9 Å². The van der Waals surface area contributed by atoms with Gasteiger partial charge in [0.15, 0.2) is 0 Å². The van der Waals surface area contributed by atoms with Gasteiger partial charge >= 0.3 is 26.8 Å². The Kier molecular flexibility index (Phi) is 21.2. The monoisotopic (exact) mass is 574 g/mol. The maximum Gasteiger partial charge on any atom is 3.00 e. The molecule has 0 saturated carbocycles. The van der Waals surface area contributed by atoms with Crippen LogP contribution in [0.2, 0.25) is 0 Å². The topological polar surface area (TPSA) is 111 Å². The van der Waals surface area contributed by atoms with E-state index in [1.807, 2.05) is 39.0 Å². The van der Waals surface area contributed by atoms with E-state index in [0.29, 0.717) is 11.5 Å². The van der Waals surface area contributed by atoms with Gasteiger partial charge in [-0.15, -0.1) is 0 Å². The van der Waals surface area contributed by atoms with Crippen LogP contribution in [0, 0.1) is 27.7 Å². The van der Waals surface area contributed by atoms with Gasteiger partial charge in [0.05, 0.1) is 5.75 Å². The van der Waals surface area contributed by atoms with Crippen molar-refractivity contribution in [2.75, 3.05) is 19.6 Å². The minimum absolute atomic E-state index is 0. The first-order valence-electron chi connectivity index (χ1n) is 11.9. The summed E-state index contributed by atoms with van der Waals surface area (Å²) in [6.45, 7) is 18.1. The molecule has 1 radical (unpaired) electrons. The van der Waals surface area contributed by atoms with E-state index in [1.54, 1.807) is 25.1 Å². The van der Waals surface area contributed by atoms with Gasteiger partial charge in [-0.3, -0.25) is 0 Å². The van der Waals surface area contributed by atoms with Gasteiger partial charge in [-0.1, -0.05) is 56.2 Å². The zero-order valence-electron chi connectivity index (χ0n) is 22.2. The van der Waals surface area contributed by atoms with E-state index in [2.05, 4.69) is 35.0 Å². The molecule has 195 valence electrons. The first kappa shape index (κ1) is 35.8. The third-order valence-corrected chi connectivity index (χ3v) is 4.73. The molecule has 2 rings (SSSR count). The molecule has 2 aromatic rings. The minimum atomic E-state index is -2.24. The van der Waals surface area contributed by atoms with Crippen molar-refractivity contribution >= 4 is 14.6 Å². The van der Waals surface area contributed by atoms with Gasteiger partial charge in [-0.05, 0) is 89.9 Å². The zero-order valence-corrected chi connectivity index (χ0v) is 23.9. The second-order valence-corrected chi connectivity index (χ2v) is 8.21. The first-order valence-corrected chi connectivity index (χ1v) is 11.9. The molecule has 0 amide bonds. The molecule has 0 bridgehead atoms. The summed E-state index contributed by atoms with van der Waals surface area (Å²) < 4.78 is 9.09. The predicted octanol–water partition coefficient (Wildman–Crippen LogP) is 1.92. The molecular formula is C25H40B2NO6Ru. The average molecular weight is 573 g/mol. The zero-order chi connectivity index (χ0) is 26.1. The maximum atomic E-state index is 10.3. The molecule has 0 aliphatic carbocycles. The van der Waals surface area contributed by atoms with Gasteiger partial charge in [0.25, 0.3) is 0 Å². The van der Waals surface area contributed by atoms with E-state index in [1.165, 1.54) is 38.9 Å². The number of hydrogen-bond acceptors (Lipinski definition) is 7. The first-order chi connectivity index (χ1) is 16.0. The Morgan fingerprint density at radius 3 is 1.37 bits per heavy atom. The second kappa shape index (κ2) is 20.8. The number of nitrogens with zero attached hydrogens (tertiary/aromatic N) is 1. The van der Waals surface area contributed by atoms with E-state index in [4.69, 9.17) is 5.02 Å². The summed E-state index contributed by atoms with van der Waals surface area (Å²) >= 11 is 0. The Bertz CT molecular complexity index is 740. The van der Waals surface area contributed by atoms with Crippen LogP contribution < -0.4 is 24.4 Å². The molecule has 0 saturated heterocycles. The standard InChI is InChI=1S/C9H21N.C8H10BO3.C8H9BO3.Ru/c1-4-7-10(8-5-2)9-6-3;2*1-6-3-4-8(7(2)5-6)12-9(10)11;/h4-9H2,1-3H3;3-5,10H,1-2H3;3-5H,1-2H3;/q;-1;-2;+3. The van der Waals surface area contributed by atoms with E-state index in [-0.39, 0.29) is 19.5 Å². The third kappa shape index (κ3) is 17.6. The summed E-state index contributed by atoms with van der Waals surface area (Å²) in [4.78, 5) is 2.54. The molecule has 0 unspecified atom stereocenters. The Morgan fingerprint density at radius 1 is 0.714 bits per heavy atom. The van der Waals surface area contributed by atoms with Gasteiger partial charge in [0.1, 0.15) is 13.1 Å². The number of benzene rings is 2. The predicted molar refractivity (Wildman–Crippen MR) is 134 cm³/mol. The number of aryl methyl sites for hydroxylation is 4. The summed E-state index contributed by atoms with van der Waals surface area (Å²) in [6, 6.07) is 10.7. The molecule has 0 aliphatic heterocycles. The minimum Gasteiger partial charge on any atom is -0.860 e. The van der Waals surface area contributed by atoms with Gasteiger partial charge in [-0.25, -0.2) is 0 Å². The third-order valence-electron chi connectivity index (χ3n) is 4.73. The SMILES string of the molecule is CCCN(CCC)CCC.Cc1ccc(OB([O-])O)c(C)c1.Cc1ccc(OB([O-])[O-])c(C)c1.[Ru+3]. The van der Waals surface area contributed by atoms with Crippen LogP contribution in [0.15, 0.2) is 36.4 Å². The van der Waals surface area contributed by atoms with E-state index < -0.39 is 14.6 Å². The fraction of sp³-hybridized carbons (Fsp3) is 0.520. The Labute approximate surface area is 225 Å². The quantitative estimate of drug-likeness (QED) is 0.433. The molecule has 7 nitrogen and oxygen atoms in total.